The minimum atomic E-state index is -0.819. The van der Waals surface area contributed by atoms with Gasteiger partial charge >= 0.3 is 5.69 Å². The van der Waals surface area contributed by atoms with Crippen molar-refractivity contribution in [1.29, 1.82) is 0 Å². The van der Waals surface area contributed by atoms with Gasteiger partial charge in [-0.25, -0.2) is 14.5 Å². The van der Waals surface area contributed by atoms with E-state index in [0.29, 0.717) is 33.9 Å². The van der Waals surface area contributed by atoms with Gasteiger partial charge in [-0.2, -0.15) is 4.98 Å². The Balaban J connectivity index is 1.49. The molecule has 2 N–H and O–H groups in total. The minimum absolute atomic E-state index is 0.122. The van der Waals surface area contributed by atoms with Gasteiger partial charge in [-0.1, -0.05) is 53.2 Å². The minimum Gasteiger partial charge on any atom is -0.422 e. The van der Waals surface area contributed by atoms with Crippen molar-refractivity contribution in [3.63, 3.8) is 0 Å². The van der Waals surface area contributed by atoms with E-state index in [1.807, 2.05) is 30.5 Å². The Labute approximate surface area is 182 Å². The van der Waals surface area contributed by atoms with E-state index in [4.69, 9.17) is 0 Å². The summed E-state index contributed by atoms with van der Waals surface area (Å²) < 4.78 is 2.21. The fourth-order valence-corrected chi connectivity index (χ4v) is 3.46. The van der Waals surface area contributed by atoms with Crippen molar-refractivity contribution >= 4 is 22.5 Å². The first-order valence-corrected chi connectivity index (χ1v) is 9.97. The highest BCUT2D eigenvalue weighted by Crippen LogP contribution is 2.30. The number of hydrogen-bond donors (Lipinski definition) is 2. The summed E-state index contributed by atoms with van der Waals surface area (Å²) in [4.78, 5) is 20.1. The van der Waals surface area contributed by atoms with Gasteiger partial charge in [0.15, 0.2) is 5.65 Å². The molecule has 3 aromatic heterocycles. The molecule has 0 saturated heterocycles. The Bertz CT molecular complexity index is 1470. The predicted octanol–water partition coefficient (Wildman–Crippen LogP) is 3.39. The fourth-order valence-electron chi connectivity index (χ4n) is 3.46. The number of aromatic nitrogens is 6. The standard InChI is InChI=1S/C23H19N7O2/c1-15-8-10-16(11-9-15)13-29-14-20(27-28-29)17-5-2-3-7-19(17)25-21-18-6-4-12-24-22(18)30(32)23(31)26-21/h2-12,14,32H,13H2,1H3,(H,25,26,31). The number of anilines is 2. The van der Waals surface area contributed by atoms with Crippen molar-refractivity contribution < 1.29 is 5.21 Å². The lowest BCUT2D eigenvalue weighted by Crippen LogP contribution is -2.23. The van der Waals surface area contributed by atoms with Crippen LogP contribution in [-0.4, -0.2) is 34.9 Å². The molecule has 0 aliphatic heterocycles. The van der Waals surface area contributed by atoms with Gasteiger partial charge in [0.2, 0.25) is 0 Å². The molecule has 0 amide bonds. The van der Waals surface area contributed by atoms with Crippen LogP contribution in [0.5, 0.6) is 0 Å². The van der Waals surface area contributed by atoms with Gasteiger partial charge in [0.1, 0.15) is 11.5 Å². The lowest BCUT2D eigenvalue weighted by atomic mass is 10.1. The third-order valence-corrected chi connectivity index (χ3v) is 5.09. The maximum atomic E-state index is 12.1. The van der Waals surface area contributed by atoms with Gasteiger partial charge in [-0.3, -0.25) is 0 Å². The molecule has 0 atom stereocenters. The fraction of sp³-hybridized carbons (Fsp3) is 0.0870. The Morgan fingerprint density at radius 3 is 2.69 bits per heavy atom. The monoisotopic (exact) mass is 425 g/mol. The largest absolute Gasteiger partial charge is 0.422 e. The summed E-state index contributed by atoms with van der Waals surface area (Å²) >= 11 is 0. The Hall–Kier alpha value is -4.53. The first-order chi connectivity index (χ1) is 15.6. The molecule has 0 saturated carbocycles. The van der Waals surface area contributed by atoms with Crippen molar-refractivity contribution in [1.82, 2.24) is 29.7 Å². The summed E-state index contributed by atoms with van der Waals surface area (Å²) in [5, 5.41) is 22.2. The lowest BCUT2D eigenvalue weighted by molar-refractivity contribution is 0.182. The quantitative estimate of drug-likeness (QED) is 0.415. The SMILES string of the molecule is Cc1ccc(Cn2cc(-c3ccccc3Nc3nc(=O)n(O)c4ncccc34)nn2)cc1. The van der Waals surface area contributed by atoms with Crippen LogP contribution in [0.3, 0.4) is 0 Å². The second-order valence-electron chi connectivity index (χ2n) is 7.39. The molecule has 0 radical (unpaired) electrons. The Morgan fingerprint density at radius 2 is 1.84 bits per heavy atom. The maximum absolute atomic E-state index is 12.1. The van der Waals surface area contributed by atoms with E-state index >= 15 is 0 Å². The van der Waals surface area contributed by atoms with Crippen molar-refractivity contribution in [3.05, 3.63) is 94.7 Å². The third-order valence-electron chi connectivity index (χ3n) is 5.09. The number of benzene rings is 2. The number of pyridine rings is 1. The van der Waals surface area contributed by atoms with Gasteiger partial charge in [0.05, 0.1) is 18.1 Å². The van der Waals surface area contributed by atoms with Gasteiger partial charge in [0.25, 0.3) is 0 Å². The van der Waals surface area contributed by atoms with E-state index in [-0.39, 0.29) is 5.65 Å². The highest BCUT2D eigenvalue weighted by Gasteiger charge is 2.14. The molecule has 5 rings (SSSR count). The predicted molar refractivity (Wildman–Crippen MR) is 120 cm³/mol. The summed E-state index contributed by atoms with van der Waals surface area (Å²) in [6, 6.07) is 19.3. The Kier molecular flexibility index (Phi) is 4.83. The Morgan fingerprint density at radius 1 is 1.03 bits per heavy atom. The molecule has 0 aliphatic rings. The van der Waals surface area contributed by atoms with Crippen LogP contribution in [-0.2, 0) is 6.54 Å². The van der Waals surface area contributed by atoms with Crippen molar-refractivity contribution in [3.8, 4) is 11.3 Å². The van der Waals surface area contributed by atoms with Crippen molar-refractivity contribution in [2.45, 2.75) is 13.5 Å². The van der Waals surface area contributed by atoms with Crippen LogP contribution in [0, 0.1) is 6.92 Å². The van der Waals surface area contributed by atoms with E-state index in [1.165, 1.54) is 11.8 Å². The molecule has 0 bridgehead atoms. The first-order valence-electron chi connectivity index (χ1n) is 9.97. The number of para-hydroxylation sites is 1. The summed E-state index contributed by atoms with van der Waals surface area (Å²) in [5.41, 5.74) is 3.82. The molecular weight excluding hydrogens is 406 g/mol. The van der Waals surface area contributed by atoms with E-state index in [0.717, 1.165) is 11.1 Å². The molecular formula is C23H19N7O2. The number of hydrogen-bond acceptors (Lipinski definition) is 7. The molecule has 0 aliphatic carbocycles. The number of fused-ring (bicyclic) bond motifs is 1. The van der Waals surface area contributed by atoms with Gasteiger partial charge in [-0.05, 0) is 30.7 Å². The van der Waals surface area contributed by atoms with E-state index in [1.54, 1.807) is 16.8 Å². The third kappa shape index (κ3) is 3.67. The van der Waals surface area contributed by atoms with Gasteiger partial charge in [0, 0.05) is 17.4 Å². The maximum Gasteiger partial charge on any atom is 0.384 e. The van der Waals surface area contributed by atoms with E-state index in [9.17, 15) is 10.0 Å². The average molecular weight is 425 g/mol. The van der Waals surface area contributed by atoms with Crippen LogP contribution in [0.4, 0.5) is 11.5 Å². The van der Waals surface area contributed by atoms with Crippen LogP contribution < -0.4 is 11.0 Å². The molecule has 158 valence electrons. The molecule has 3 heterocycles. The normalized spacial score (nSPS) is 11.0. The molecule has 32 heavy (non-hydrogen) atoms. The van der Waals surface area contributed by atoms with Crippen LogP contribution in [0.15, 0.2) is 77.9 Å². The molecule has 9 nitrogen and oxygen atoms in total. The van der Waals surface area contributed by atoms with Crippen molar-refractivity contribution in [2.24, 2.45) is 0 Å². The molecule has 0 unspecified atom stereocenters. The zero-order valence-corrected chi connectivity index (χ0v) is 17.2. The number of rotatable bonds is 5. The molecule has 5 aromatic rings. The topological polar surface area (TPSA) is 111 Å². The number of nitrogens with zero attached hydrogens (tertiary/aromatic N) is 6. The van der Waals surface area contributed by atoms with E-state index < -0.39 is 5.69 Å². The zero-order chi connectivity index (χ0) is 22.1. The van der Waals surface area contributed by atoms with Gasteiger partial charge < -0.3 is 10.5 Å². The lowest BCUT2D eigenvalue weighted by Gasteiger charge is -2.12. The smallest absolute Gasteiger partial charge is 0.384 e. The molecule has 9 heteroatoms. The van der Waals surface area contributed by atoms with Crippen LogP contribution in [0.1, 0.15) is 11.1 Å². The second kappa shape index (κ2) is 7.95. The summed E-state index contributed by atoms with van der Waals surface area (Å²) in [6.07, 6.45) is 3.37. The van der Waals surface area contributed by atoms with Crippen LogP contribution >= 0.6 is 0 Å². The molecule has 0 spiro atoms. The number of nitrogens with one attached hydrogen (secondary N) is 1. The molecule has 0 fully saturated rings. The molecule has 2 aromatic carbocycles. The summed E-state index contributed by atoms with van der Waals surface area (Å²) in [7, 11) is 0. The second-order valence-corrected chi connectivity index (χ2v) is 7.39. The van der Waals surface area contributed by atoms with Crippen LogP contribution in [0.2, 0.25) is 0 Å². The average Bonchev–Trinajstić information content (AvgIpc) is 3.27. The number of aryl methyl sites for hydroxylation is 1. The van der Waals surface area contributed by atoms with Gasteiger partial charge in [-0.15, -0.1) is 9.83 Å². The van der Waals surface area contributed by atoms with Crippen molar-refractivity contribution in [2.75, 3.05) is 5.32 Å². The first kappa shape index (κ1) is 19.4. The van der Waals surface area contributed by atoms with Crippen LogP contribution in [0.25, 0.3) is 22.3 Å². The van der Waals surface area contributed by atoms with E-state index in [2.05, 4.69) is 56.8 Å². The highest BCUT2D eigenvalue weighted by atomic mass is 16.5. The highest BCUT2D eigenvalue weighted by molar-refractivity contribution is 5.90. The zero-order valence-electron chi connectivity index (χ0n) is 17.2. The summed E-state index contributed by atoms with van der Waals surface area (Å²) in [5.74, 6) is 0.294. The summed E-state index contributed by atoms with van der Waals surface area (Å²) in [6.45, 7) is 2.66.